The molecule has 0 bridgehead atoms. The third kappa shape index (κ3) is 1.76. The maximum atomic E-state index is 5.24. The first-order valence-electron chi connectivity index (χ1n) is 6.01. The molecule has 0 fully saturated rings. The van der Waals surface area contributed by atoms with Crippen LogP contribution in [0.4, 0.5) is 0 Å². The standard InChI is InChI=1S/C16H15NO/c1-11-5-3-4-6-14(11)16-9-12-7-8-13(18-2)10-15(12)17-16/h3-10,17H,1-2H3. The van der Waals surface area contributed by atoms with Crippen molar-refractivity contribution in [1.29, 1.82) is 0 Å². The molecule has 2 nitrogen and oxygen atoms in total. The molecule has 18 heavy (non-hydrogen) atoms. The summed E-state index contributed by atoms with van der Waals surface area (Å²) in [6, 6.07) is 16.6. The summed E-state index contributed by atoms with van der Waals surface area (Å²) in [5, 5.41) is 1.20. The van der Waals surface area contributed by atoms with Gasteiger partial charge in [0, 0.05) is 28.2 Å². The van der Waals surface area contributed by atoms with E-state index in [1.165, 1.54) is 16.5 Å². The van der Waals surface area contributed by atoms with Gasteiger partial charge in [-0.2, -0.15) is 0 Å². The Morgan fingerprint density at radius 1 is 1.00 bits per heavy atom. The van der Waals surface area contributed by atoms with Crippen molar-refractivity contribution in [3.8, 4) is 17.0 Å². The smallest absolute Gasteiger partial charge is 0.120 e. The Labute approximate surface area is 106 Å². The summed E-state index contributed by atoms with van der Waals surface area (Å²) < 4.78 is 5.24. The Morgan fingerprint density at radius 3 is 2.61 bits per heavy atom. The van der Waals surface area contributed by atoms with Gasteiger partial charge in [-0.15, -0.1) is 0 Å². The van der Waals surface area contributed by atoms with E-state index < -0.39 is 0 Å². The Hall–Kier alpha value is -2.22. The van der Waals surface area contributed by atoms with E-state index in [2.05, 4.69) is 48.3 Å². The number of methoxy groups -OCH3 is 1. The van der Waals surface area contributed by atoms with Gasteiger partial charge in [0.05, 0.1) is 7.11 Å². The summed E-state index contributed by atoms with van der Waals surface area (Å²) in [4.78, 5) is 3.45. The lowest BCUT2D eigenvalue weighted by Gasteiger charge is -2.01. The fourth-order valence-electron chi connectivity index (χ4n) is 2.25. The number of rotatable bonds is 2. The minimum atomic E-state index is 0.876. The molecule has 2 heteroatoms. The van der Waals surface area contributed by atoms with Crippen LogP contribution in [0.2, 0.25) is 0 Å². The summed E-state index contributed by atoms with van der Waals surface area (Å²) in [5.74, 6) is 0.876. The van der Waals surface area contributed by atoms with E-state index in [4.69, 9.17) is 4.74 Å². The average Bonchev–Trinajstić information content (AvgIpc) is 2.81. The van der Waals surface area contributed by atoms with E-state index in [0.29, 0.717) is 0 Å². The number of benzene rings is 2. The second-order valence-electron chi connectivity index (χ2n) is 4.45. The van der Waals surface area contributed by atoms with Gasteiger partial charge in [-0.3, -0.25) is 0 Å². The Morgan fingerprint density at radius 2 is 1.83 bits per heavy atom. The molecule has 0 aliphatic rings. The number of nitrogens with one attached hydrogen (secondary N) is 1. The topological polar surface area (TPSA) is 25.0 Å². The fourth-order valence-corrected chi connectivity index (χ4v) is 2.25. The maximum absolute atomic E-state index is 5.24. The molecule has 1 heterocycles. The van der Waals surface area contributed by atoms with Crippen molar-refractivity contribution >= 4 is 10.9 Å². The van der Waals surface area contributed by atoms with Crippen molar-refractivity contribution in [2.24, 2.45) is 0 Å². The minimum absolute atomic E-state index is 0.876. The van der Waals surface area contributed by atoms with E-state index in [0.717, 1.165) is 17.0 Å². The summed E-state index contributed by atoms with van der Waals surface area (Å²) in [6.07, 6.45) is 0. The van der Waals surface area contributed by atoms with Gasteiger partial charge in [0.1, 0.15) is 5.75 Å². The van der Waals surface area contributed by atoms with Crippen molar-refractivity contribution in [2.75, 3.05) is 7.11 Å². The van der Waals surface area contributed by atoms with Gasteiger partial charge in [-0.05, 0) is 30.7 Å². The molecule has 0 aliphatic heterocycles. The highest BCUT2D eigenvalue weighted by Crippen LogP contribution is 2.28. The van der Waals surface area contributed by atoms with E-state index in [9.17, 15) is 0 Å². The summed E-state index contributed by atoms with van der Waals surface area (Å²) in [7, 11) is 1.69. The fraction of sp³-hybridized carbons (Fsp3) is 0.125. The predicted molar refractivity (Wildman–Crippen MR) is 75.0 cm³/mol. The summed E-state index contributed by atoms with van der Waals surface area (Å²) in [6.45, 7) is 2.13. The number of fused-ring (bicyclic) bond motifs is 1. The molecule has 0 saturated heterocycles. The monoisotopic (exact) mass is 237 g/mol. The molecule has 0 radical (unpaired) electrons. The van der Waals surface area contributed by atoms with E-state index in [1.807, 2.05) is 12.1 Å². The zero-order valence-corrected chi connectivity index (χ0v) is 10.5. The van der Waals surface area contributed by atoms with Gasteiger partial charge in [0.25, 0.3) is 0 Å². The average molecular weight is 237 g/mol. The number of hydrogen-bond donors (Lipinski definition) is 1. The third-order valence-electron chi connectivity index (χ3n) is 3.26. The van der Waals surface area contributed by atoms with Crippen molar-refractivity contribution in [3.05, 3.63) is 54.1 Å². The first kappa shape index (κ1) is 10.9. The number of ether oxygens (including phenoxy) is 1. The highest BCUT2D eigenvalue weighted by Gasteiger charge is 2.06. The van der Waals surface area contributed by atoms with Crippen molar-refractivity contribution in [2.45, 2.75) is 6.92 Å². The highest BCUT2D eigenvalue weighted by molar-refractivity contribution is 5.87. The quantitative estimate of drug-likeness (QED) is 0.711. The normalized spacial score (nSPS) is 10.8. The van der Waals surface area contributed by atoms with Gasteiger partial charge in [0.2, 0.25) is 0 Å². The number of H-pyrrole nitrogens is 1. The largest absolute Gasteiger partial charge is 0.497 e. The lowest BCUT2D eigenvalue weighted by molar-refractivity contribution is 0.415. The Kier molecular flexibility index (Phi) is 2.56. The number of aromatic nitrogens is 1. The number of aromatic amines is 1. The van der Waals surface area contributed by atoms with Gasteiger partial charge >= 0.3 is 0 Å². The lowest BCUT2D eigenvalue weighted by Crippen LogP contribution is -1.82. The van der Waals surface area contributed by atoms with Gasteiger partial charge < -0.3 is 9.72 Å². The highest BCUT2D eigenvalue weighted by atomic mass is 16.5. The molecular formula is C16H15NO. The van der Waals surface area contributed by atoms with Crippen LogP contribution in [0.15, 0.2) is 48.5 Å². The van der Waals surface area contributed by atoms with Gasteiger partial charge in [-0.1, -0.05) is 24.3 Å². The minimum Gasteiger partial charge on any atom is -0.497 e. The summed E-state index contributed by atoms with van der Waals surface area (Å²) >= 11 is 0. The van der Waals surface area contributed by atoms with Crippen molar-refractivity contribution < 1.29 is 4.74 Å². The molecule has 0 unspecified atom stereocenters. The zero-order chi connectivity index (χ0) is 12.5. The molecule has 0 amide bonds. The molecule has 0 spiro atoms. The molecule has 1 aromatic heterocycles. The van der Waals surface area contributed by atoms with E-state index >= 15 is 0 Å². The zero-order valence-electron chi connectivity index (χ0n) is 10.5. The van der Waals surface area contributed by atoms with Crippen LogP contribution in [-0.2, 0) is 0 Å². The molecular weight excluding hydrogens is 222 g/mol. The maximum Gasteiger partial charge on any atom is 0.120 e. The predicted octanol–water partition coefficient (Wildman–Crippen LogP) is 4.15. The van der Waals surface area contributed by atoms with Crippen LogP contribution in [0, 0.1) is 6.92 Å². The lowest BCUT2D eigenvalue weighted by atomic mass is 10.1. The van der Waals surface area contributed by atoms with Crippen LogP contribution in [-0.4, -0.2) is 12.1 Å². The molecule has 0 atom stereocenters. The van der Waals surface area contributed by atoms with Crippen LogP contribution in [0.25, 0.3) is 22.2 Å². The van der Waals surface area contributed by atoms with Crippen LogP contribution in [0.3, 0.4) is 0 Å². The van der Waals surface area contributed by atoms with Crippen molar-refractivity contribution in [1.82, 2.24) is 4.98 Å². The molecule has 0 aliphatic carbocycles. The number of aryl methyl sites for hydroxylation is 1. The Balaban J connectivity index is 2.17. The van der Waals surface area contributed by atoms with Gasteiger partial charge in [0.15, 0.2) is 0 Å². The van der Waals surface area contributed by atoms with Gasteiger partial charge in [-0.25, -0.2) is 0 Å². The van der Waals surface area contributed by atoms with Crippen molar-refractivity contribution in [3.63, 3.8) is 0 Å². The van der Waals surface area contributed by atoms with Crippen LogP contribution >= 0.6 is 0 Å². The number of hydrogen-bond acceptors (Lipinski definition) is 1. The van der Waals surface area contributed by atoms with Crippen LogP contribution in [0.5, 0.6) is 5.75 Å². The van der Waals surface area contributed by atoms with Crippen LogP contribution < -0.4 is 4.74 Å². The van der Waals surface area contributed by atoms with Crippen LogP contribution in [0.1, 0.15) is 5.56 Å². The molecule has 0 saturated carbocycles. The second kappa shape index (κ2) is 4.22. The third-order valence-corrected chi connectivity index (χ3v) is 3.26. The van der Waals surface area contributed by atoms with E-state index in [1.54, 1.807) is 7.11 Å². The molecule has 3 aromatic rings. The Bertz CT molecular complexity index is 697. The second-order valence-corrected chi connectivity index (χ2v) is 4.45. The first-order valence-corrected chi connectivity index (χ1v) is 6.01. The molecule has 2 aromatic carbocycles. The SMILES string of the molecule is COc1ccc2cc(-c3ccccc3C)[nH]c2c1. The molecule has 3 rings (SSSR count). The van der Waals surface area contributed by atoms with E-state index in [-0.39, 0.29) is 0 Å². The summed E-state index contributed by atoms with van der Waals surface area (Å²) in [5.41, 5.74) is 4.77. The molecule has 1 N–H and O–H groups in total. The first-order chi connectivity index (χ1) is 8.78. The molecule has 90 valence electrons.